The molecule has 0 saturated heterocycles. The van der Waals surface area contributed by atoms with Gasteiger partial charge in [0, 0.05) is 12.8 Å². The standard InChI is InChI=1S/C14H23N3/c1-2-3-4-5-6-7-8-9-10-11-12-14-15-13-16-17-14/h13H,4-12H2,1H3,(H,15,16,17). The van der Waals surface area contributed by atoms with Gasteiger partial charge in [-0.05, 0) is 19.8 Å². The molecule has 0 fully saturated rings. The largest absolute Gasteiger partial charge is 0.266 e. The molecule has 0 radical (unpaired) electrons. The van der Waals surface area contributed by atoms with E-state index in [-0.39, 0.29) is 0 Å². The minimum atomic E-state index is 0.947. The Labute approximate surface area is 104 Å². The second kappa shape index (κ2) is 9.89. The van der Waals surface area contributed by atoms with Crippen molar-refractivity contribution in [3.05, 3.63) is 12.2 Å². The van der Waals surface area contributed by atoms with Crippen molar-refractivity contribution >= 4 is 0 Å². The van der Waals surface area contributed by atoms with Crippen LogP contribution >= 0.6 is 0 Å². The fourth-order valence-electron chi connectivity index (χ4n) is 1.86. The van der Waals surface area contributed by atoms with E-state index in [2.05, 4.69) is 27.0 Å². The lowest BCUT2D eigenvalue weighted by Crippen LogP contribution is -1.89. The average molecular weight is 233 g/mol. The lowest BCUT2D eigenvalue weighted by Gasteiger charge is -1.99. The molecule has 0 amide bonds. The van der Waals surface area contributed by atoms with Crippen molar-refractivity contribution < 1.29 is 0 Å². The summed E-state index contributed by atoms with van der Waals surface area (Å²) in [6, 6.07) is 0. The first-order valence-electron chi connectivity index (χ1n) is 6.67. The summed E-state index contributed by atoms with van der Waals surface area (Å²) in [6.07, 6.45) is 12.9. The van der Waals surface area contributed by atoms with Crippen LogP contribution in [0.3, 0.4) is 0 Å². The van der Waals surface area contributed by atoms with Gasteiger partial charge in [-0.1, -0.05) is 32.1 Å². The maximum absolute atomic E-state index is 4.11. The third-order valence-electron chi connectivity index (χ3n) is 2.84. The molecule has 17 heavy (non-hydrogen) atoms. The molecular weight excluding hydrogens is 210 g/mol. The molecule has 0 aliphatic carbocycles. The van der Waals surface area contributed by atoms with Crippen LogP contribution in [0.15, 0.2) is 6.33 Å². The van der Waals surface area contributed by atoms with E-state index in [1.807, 2.05) is 6.92 Å². The summed E-state index contributed by atoms with van der Waals surface area (Å²) in [5.74, 6) is 6.99. The molecule has 94 valence electrons. The van der Waals surface area contributed by atoms with Crippen molar-refractivity contribution in [2.24, 2.45) is 0 Å². The van der Waals surface area contributed by atoms with Crippen LogP contribution in [0.25, 0.3) is 0 Å². The van der Waals surface area contributed by atoms with Crippen LogP contribution < -0.4 is 0 Å². The number of nitrogens with one attached hydrogen (secondary N) is 1. The molecule has 0 aliphatic heterocycles. The van der Waals surface area contributed by atoms with Crippen molar-refractivity contribution in [2.45, 2.75) is 64.7 Å². The molecule has 1 aromatic heterocycles. The first kappa shape index (κ1) is 13.8. The molecule has 0 saturated carbocycles. The monoisotopic (exact) mass is 233 g/mol. The highest BCUT2D eigenvalue weighted by molar-refractivity contribution is 4.94. The molecule has 0 bridgehead atoms. The summed E-state index contributed by atoms with van der Waals surface area (Å²) >= 11 is 0. The van der Waals surface area contributed by atoms with Gasteiger partial charge in [0.2, 0.25) is 0 Å². The number of H-pyrrole nitrogens is 1. The van der Waals surface area contributed by atoms with E-state index in [9.17, 15) is 0 Å². The second-order valence-corrected chi connectivity index (χ2v) is 4.32. The lowest BCUT2D eigenvalue weighted by atomic mass is 10.1. The van der Waals surface area contributed by atoms with Crippen molar-refractivity contribution in [1.82, 2.24) is 15.2 Å². The Balaban J connectivity index is 1.79. The second-order valence-electron chi connectivity index (χ2n) is 4.32. The molecule has 1 aromatic rings. The van der Waals surface area contributed by atoms with E-state index in [4.69, 9.17) is 0 Å². The zero-order valence-electron chi connectivity index (χ0n) is 10.8. The van der Waals surface area contributed by atoms with Gasteiger partial charge in [0.25, 0.3) is 0 Å². The molecule has 3 heteroatoms. The van der Waals surface area contributed by atoms with Crippen molar-refractivity contribution in [1.29, 1.82) is 0 Å². The maximum atomic E-state index is 4.11. The highest BCUT2D eigenvalue weighted by Gasteiger charge is 1.96. The number of unbranched alkanes of at least 4 members (excludes halogenated alkanes) is 7. The predicted molar refractivity (Wildman–Crippen MR) is 70.5 cm³/mol. The van der Waals surface area contributed by atoms with E-state index < -0.39 is 0 Å². The van der Waals surface area contributed by atoms with Gasteiger partial charge >= 0.3 is 0 Å². The van der Waals surface area contributed by atoms with Crippen LogP contribution in [0.5, 0.6) is 0 Å². The molecule has 1 rings (SSSR count). The Morgan fingerprint density at radius 3 is 2.41 bits per heavy atom. The lowest BCUT2D eigenvalue weighted by molar-refractivity contribution is 0.579. The third kappa shape index (κ3) is 7.57. The molecule has 0 aromatic carbocycles. The van der Waals surface area contributed by atoms with E-state index in [0.717, 1.165) is 18.7 Å². The van der Waals surface area contributed by atoms with E-state index in [1.165, 1.54) is 44.9 Å². The highest BCUT2D eigenvalue weighted by Crippen LogP contribution is 2.09. The van der Waals surface area contributed by atoms with Gasteiger partial charge in [-0.25, -0.2) is 4.98 Å². The average Bonchev–Trinajstić information content (AvgIpc) is 2.85. The fraction of sp³-hybridized carbons (Fsp3) is 0.714. The number of hydrogen-bond acceptors (Lipinski definition) is 2. The Morgan fingerprint density at radius 1 is 1.06 bits per heavy atom. The molecule has 1 heterocycles. The van der Waals surface area contributed by atoms with Crippen molar-refractivity contribution in [3.8, 4) is 11.8 Å². The summed E-state index contributed by atoms with van der Waals surface area (Å²) in [4.78, 5) is 4.11. The van der Waals surface area contributed by atoms with Crippen LogP contribution in [0.4, 0.5) is 0 Å². The van der Waals surface area contributed by atoms with Crippen molar-refractivity contribution in [3.63, 3.8) is 0 Å². The van der Waals surface area contributed by atoms with Gasteiger partial charge in [0.1, 0.15) is 12.2 Å². The number of aromatic nitrogens is 3. The van der Waals surface area contributed by atoms with Gasteiger partial charge in [0.05, 0.1) is 0 Å². The number of hydrogen-bond donors (Lipinski definition) is 1. The van der Waals surface area contributed by atoms with E-state index >= 15 is 0 Å². The molecule has 3 nitrogen and oxygen atoms in total. The summed E-state index contributed by atoms with van der Waals surface area (Å²) in [5.41, 5.74) is 0. The minimum absolute atomic E-state index is 0.947. The number of aryl methyl sites for hydroxylation is 1. The Bertz CT molecular complexity index is 319. The zero-order valence-corrected chi connectivity index (χ0v) is 10.8. The molecule has 0 aliphatic rings. The first-order chi connectivity index (χ1) is 8.43. The first-order valence-corrected chi connectivity index (χ1v) is 6.67. The smallest absolute Gasteiger partial charge is 0.150 e. The van der Waals surface area contributed by atoms with Crippen LogP contribution in [0.1, 0.15) is 64.1 Å². The van der Waals surface area contributed by atoms with Crippen LogP contribution in [0, 0.1) is 11.8 Å². The molecule has 0 spiro atoms. The van der Waals surface area contributed by atoms with Crippen LogP contribution in [-0.2, 0) is 6.42 Å². The molecule has 0 atom stereocenters. The van der Waals surface area contributed by atoms with E-state index in [1.54, 1.807) is 6.33 Å². The van der Waals surface area contributed by atoms with Gasteiger partial charge in [-0.2, -0.15) is 5.10 Å². The number of nitrogens with zero attached hydrogens (tertiary/aromatic N) is 2. The van der Waals surface area contributed by atoms with Gasteiger partial charge in [-0.3, -0.25) is 5.10 Å². The topological polar surface area (TPSA) is 41.6 Å². The quantitative estimate of drug-likeness (QED) is 0.524. The Kier molecular flexibility index (Phi) is 8.01. The summed E-state index contributed by atoms with van der Waals surface area (Å²) in [6.45, 7) is 1.91. The van der Waals surface area contributed by atoms with Gasteiger partial charge < -0.3 is 0 Å². The van der Waals surface area contributed by atoms with Crippen molar-refractivity contribution in [2.75, 3.05) is 0 Å². The predicted octanol–water partition coefficient (Wildman–Crippen LogP) is 3.49. The fourth-order valence-corrected chi connectivity index (χ4v) is 1.86. The SMILES string of the molecule is CC#CCCCCCCCCCc1nc[nH]n1. The molecule has 1 N–H and O–H groups in total. The van der Waals surface area contributed by atoms with Crippen LogP contribution in [-0.4, -0.2) is 15.2 Å². The third-order valence-corrected chi connectivity index (χ3v) is 2.84. The van der Waals surface area contributed by atoms with E-state index in [0.29, 0.717) is 0 Å². The van der Waals surface area contributed by atoms with Gasteiger partial charge in [0.15, 0.2) is 0 Å². The van der Waals surface area contributed by atoms with Gasteiger partial charge in [-0.15, -0.1) is 11.8 Å². The van der Waals surface area contributed by atoms with Crippen LogP contribution in [0.2, 0.25) is 0 Å². The summed E-state index contributed by atoms with van der Waals surface area (Å²) in [5, 5.41) is 6.79. The highest BCUT2D eigenvalue weighted by atomic mass is 15.2. The summed E-state index contributed by atoms with van der Waals surface area (Å²) in [7, 11) is 0. The Hall–Kier alpha value is -1.30. The Morgan fingerprint density at radius 2 is 1.76 bits per heavy atom. The summed E-state index contributed by atoms with van der Waals surface area (Å²) < 4.78 is 0. The number of rotatable bonds is 9. The normalized spacial score (nSPS) is 9.94. The molecule has 0 unspecified atom stereocenters. The minimum Gasteiger partial charge on any atom is -0.266 e. The maximum Gasteiger partial charge on any atom is 0.150 e. The number of aromatic amines is 1. The molecular formula is C14H23N3. The zero-order chi connectivity index (χ0) is 12.2.